The Kier molecular flexibility index (Phi) is 5.85. The van der Waals surface area contributed by atoms with Crippen molar-refractivity contribution < 1.29 is 8.42 Å². The molecular formula is C11H25N3O2S. The van der Waals surface area contributed by atoms with E-state index in [1.807, 2.05) is 13.8 Å². The van der Waals surface area contributed by atoms with Crippen LogP contribution in [-0.4, -0.2) is 37.9 Å². The molecule has 1 fully saturated rings. The molecule has 0 bridgehead atoms. The number of nitrogens with one attached hydrogen (secondary N) is 1. The fraction of sp³-hybridized carbons (Fsp3) is 1.00. The lowest BCUT2D eigenvalue weighted by Crippen LogP contribution is -2.50. The van der Waals surface area contributed by atoms with Crippen LogP contribution >= 0.6 is 0 Å². The maximum absolute atomic E-state index is 12.2. The quantitative estimate of drug-likeness (QED) is 0.745. The lowest BCUT2D eigenvalue weighted by molar-refractivity contribution is 0.254. The molecule has 0 aromatic carbocycles. The van der Waals surface area contributed by atoms with Gasteiger partial charge in [-0.05, 0) is 26.7 Å². The van der Waals surface area contributed by atoms with E-state index in [9.17, 15) is 8.42 Å². The van der Waals surface area contributed by atoms with Crippen molar-refractivity contribution in [3.63, 3.8) is 0 Å². The summed E-state index contributed by atoms with van der Waals surface area (Å²) in [5.74, 6) is 0. The van der Waals surface area contributed by atoms with Gasteiger partial charge in [0.15, 0.2) is 0 Å². The van der Waals surface area contributed by atoms with E-state index in [1.165, 1.54) is 6.42 Å². The molecule has 0 radical (unpaired) electrons. The maximum atomic E-state index is 12.2. The molecule has 1 aliphatic carbocycles. The zero-order valence-corrected chi connectivity index (χ0v) is 11.7. The second-order valence-corrected chi connectivity index (χ2v) is 6.62. The van der Waals surface area contributed by atoms with Crippen molar-refractivity contribution in [2.45, 2.75) is 58.0 Å². The summed E-state index contributed by atoms with van der Waals surface area (Å²) >= 11 is 0. The van der Waals surface area contributed by atoms with Crippen LogP contribution in [0.1, 0.15) is 46.0 Å². The Morgan fingerprint density at radius 2 is 1.88 bits per heavy atom. The van der Waals surface area contributed by atoms with Crippen molar-refractivity contribution in [1.82, 2.24) is 9.03 Å². The predicted octanol–water partition coefficient (Wildman–Crippen LogP) is 0.823. The van der Waals surface area contributed by atoms with Gasteiger partial charge in [0.2, 0.25) is 0 Å². The number of nitrogens with zero attached hydrogens (tertiary/aromatic N) is 1. The fourth-order valence-electron chi connectivity index (χ4n) is 2.36. The summed E-state index contributed by atoms with van der Waals surface area (Å²) in [6.07, 6.45) is 5.36. The van der Waals surface area contributed by atoms with Gasteiger partial charge in [0.05, 0.1) is 0 Å². The summed E-state index contributed by atoms with van der Waals surface area (Å²) in [4.78, 5) is 0. The molecule has 0 atom stereocenters. The Hall–Kier alpha value is -0.170. The van der Waals surface area contributed by atoms with Gasteiger partial charge in [0.25, 0.3) is 10.2 Å². The van der Waals surface area contributed by atoms with Crippen LogP contribution < -0.4 is 10.5 Å². The van der Waals surface area contributed by atoms with E-state index in [0.29, 0.717) is 13.1 Å². The zero-order valence-electron chi connectivity index (χ0n) is 10.9. The second kappa shape index (κ2) is 6.68. The molecular weight excluding hydrogens is 238 g/mol. The van der Waals surface area contributed by atoms with Gasteiger partial charge in [-0.1, -0.05) is 19.3 Å². The highest BCUT2D eigenvalue weighted by Gasteiger charge is 2.30. The van der Waals surface area contributed by atoms with Crippen LogP contribution in [-0.2, 0) is 10.2 Å². The average molecular weight is 263 g/mol. The Balaban J connectivity index is 2.75. The van der Waals surface area contributed by atoms with E-state index >= 15 is 0 Å². The van der Waals surface area contributed by atoms with Gasteiger partial charge in [-0.15, -0.1) is 0 Å². The van der Waals surface area contributed by atoms with Crippen molar-refractivity contribution in [1.29, 1.82) is 0 Å². The van der Waals surface area contributed by atoms with Crippen molar-refractivity contribution >= 4 is 10.2 Å². The van der Waals surface area contributed by atoms with Crippen LogP contribution in [0.5, 0.6) is 0 Å². The Morgan fingerprint density at radius 3 is 2.35 bits per heavy atom. The first kappa shape index (κ1) is 14.9. The largest absolute Gasteiger partial charge is 0.329 e. The molecule has 1 saturated carbocycles. The Bertz CT molecular complexity index is 311. The standard InChI is InChI=1S/C11H25N3O2S/c1-10(2)13-17(15,16)14(9-8-12)11-6-4-3-5-7-11/h10-11,13H,3-9,12H2,1-2H3. The van der Waals surface area contributed by atoms with Crippen molar-refractivity contribution in [3.8, 4) is 0 Å². The first-order valence-electron chi connectivity index (χ1n) is 6.46. The van der Waals surface area contributed by atoms with E-state index < -0.39 is 10.2 Å². The molecule has 3 N–H and O–H groups in total. The number of hydrogen-bond acceptors (Lipinski definition) is 3. The van der Waals surface area contributed by atoms with Gasteiger partial charge < -0.3 is 5.73 Å². The zero-order chi connectivity index (χ0) is 12.9. The molecule has 0 saturated heterocycles. The summed E-state index contributed by atoms with van der Waals surface area (Å²) in [7, 11) is -3.38. The van der Waals surface area contributed by atoms with Crippen LogP contribution in [0.3, 0.4) is 0 Å². The van der Waals surface area contributed by atoms with Gasteiger partial charge in [-0.2, -0.15) is 17.4 Å². The highest BCUT2D eigenvalue weighted by atomic mass is 32.2. The smallest absolute Gasteiger partial charge is 0.279 e. The molecule has 0 unspecified atom stereocenters. The van der Waals surface area contributed by atoms with E-state index in [4.69, 9.17) is 5.73 Å². The average Bonchev–Trinajstić information content (AvgIpc) is 2.25. The van der Waals surface area contributed by atoms with Crippen molar-refractivity contribution in [2.24, 2.45) is 5.73 Å². The first-order chi connectivity index (χ1) is 7.97. The normalized spacial score (nSPS) is 19.1. The monoisotopic (exact) mass is 263 g/mol. The first-order valence-corrected chi connectivity index (χ1v) is 7.90. The van der Waals surface area contributed by atoms with E-state index in [0.717, 1.165) is 25.7 Å². The van der Waals surface area contributed by atoms with Gasteiger partial charge in [0, 0.05) is 25.2 Å². The summed E-state index contributed by atoms with van der Waals surface area (Å²) in [5.41, 5.74) is 5.53. The summed E-state index contributed by atoms with van der Waals surface area (Å²) in [6, 6.07) is 0.0485. The lowest BCUT2D eigenvalue weighted by Gasteiger charge is -2.33. The lowest BCUT2D eigenvalue weighted by atomic mass is 9.95. The second-order valence-electron chi connectivity index (χ2n) is 4.97. The van der Waals surface area contributed by atoms with Crippen LogP contribution in [0.25, 0.3) is 0 Å². The summed E-state index contributed by atoms with van der Waals surface area (Å²) < 4.78 is 28.6. The number of rotatable bonds is 6. The van der Waals surface area contributed by atoms with Crippen molar-refractivity contribution in [3.05, 3.63) is 0 Å². The molecule has 17 heavy (non-hydrogen) atoms. The van der Waals surface area contributed by atoms with Gasteiger partial charge >= 0.3 is 0 Å². The fourth-order valence-corrected chi connectivity index (χ4v) is 4.04. The maximum Gasteiger partial charge on any atom is 0.279 e. The van der Waals surface area contributed by atoms with Crippen LogP contribution in [0.4, 0.5) is 0 Å². The molecule has 0 amide bonds. The molecule has 6 heteroatoms. The molecule has 1 rings (SSSR count). The third-order valence-corrected chi connectivity index (χ3v) is 4.89. The molecule has 0 heterocycles. The topological polar surface area (TPSA) is 75.4 Å². The third kappa shape index (κ3) is 4.54. The van der Waals surface area contributed by atoms with Gasteiger partial charge in [0.1, 0.15) is 0 Å². The highest BCUT2D eigenvalue weighted by Crippen LogP contribution is 2.24. The molecule has 0 aromatic rings. The van der Waals surface area contributed by atoms with Crippen LogP contribution in [0.2, 0.25) is 0 Å². The molecule has 0 aliphatic heterocycles. The minimum absolute atomic E-state index is 0.0798. The Morgan fingerprint density at radius 1 is 1.29 bits per heavy atom. The van der Waals surface area contributed by atoms with Gasteiger partial charge in [-0.25, -0.2) is 0 Å². The third-order valence-electron chi connectivity index (χ3n) is 3.02. The molecule has 0 aromatic heterocycles. The SMILES string of the molecule is CC(C)NS(=O)(=O)N(CCN)C1CCCCC1. The minimum atomic E-state index is -3.38. The van der Waals surface area contributed by atoms with E-state index in [2.05, 4.69) is 4.72 Å². The van der Waals surface area contributed by atoms with Crippen LogP contribution in [0, 0.1) is 0 Å². The highest BCUT2D eigenvalue weighted by molar-refractivity contribution is 7.87. The molecule has 1 aliphatic rings. The van der Waals surface area contributed by atoms with Crippen molar-refractivity contribution in [2.75, 3.05) is 13.1 Å². The van der Waals surface area contributed by atoms with Gasteiger partial charge in [-0.3, -0.25) is 0 Å². The summed E-state index contributed by atoms with van der Waals surface area (Å²) in [5, 5.41) is 0. The van der Waals surface area contributed by atoms with E-state index in [1.54, 1.807) is 4.31 Å². The summed E-state index contributed by atoms with van der Waals surface area (Å²) in [6.45, 7) is 4.44. The molecule has 5 nitrogen and oxygen atoms in total. The Labute approximate surface area is 105 Å². The van der Waals surface area contributed by atoms with E-state index in [-0.39, 0.29) is 12.1 Å². The minimum Gasteiger partial charge on any atom is -0.329 e. The molecule has 102 valence electrons. The number of hydrogen-bond donors (Lipinski definition) is 2. The number of nitrogens with two attached hydrogens (primary N) is 1. The van der Waals surface area contributed by atoms with Crippen LogP contribution in [0.15, 0.2) is 0 Å². The predicted molar refractivity (Wildman–Crippen MR) is 69.8 cm³/mol. The molecule has 0 spiro atoms.